The van der Waals surface area contributed by atoms with Crippen LogP contribution in [0.15, 0.2) is 5.18 Å². The molecule has 1 aliphatic rings. The summed E-state index contributed by atoms with van der Waals surface area (Å²) in [4.78, 5) is 11.7. The van der Waals surface area contributed by atoms with Crippen molar-refractivity contribution < 1.29 is 0 Å². The summed E-state index contributed by atoms with van der Waals surface area (Å²) >= 11 is 0. The zero-order valence-corrected chi connectivity index (χ0v) is 13.0. The first-order valence-electron chi connectivity index (χ1n) is 7.73. The molecule has 0 amide bonds. The van der Waals surface area contributed by atoms with Crippen molar-refractivity contribution in [1.82, 2.24) is 0 Å². The standard InChI is InChI=1S/C16H31NO/c1-6-8-12-16(17-18)13-9-11-14(3,4)15(16,5)10-7-2/h6-13H2,1-5H3. The van der Waals surface area contributed by atoms with Crippen molar-refractivity contribution in [1.29, 1.82) is 0 Å². The number of unbranched alkanes of at least 4 members (excludes halogenated alkanes) is 1. The van der Waals surface area contributed by atoms with Gasteiger partial charge in [-0.1, -0.05) is 65.5 Å². The summed E-state index contributed by atoms with van der Waals surface area (Å²) < 4.78 is 0. The maximum atomic E-state index is 11.7. The lowest BCUT2D eigenvalue weighted by Gasteiger charge is -2.57. The summed E-state index contributed by atoms with van der Waals surface area (Å²) in [5.41, 5.74) is -0.0341. The highest BCUT2D eigenvalue weighted by Crippen LogP contribution is 2.60. The molecule has 2 heteroatoms. The van der Waals surface area contributed by atoms with Gasteiger partial charge in [-0.25, -0.2) is 0 Å². The second kappa shape index (κ2) is 5.71. The molecule has 0 heterocycles. The van der Waals surface area contributed by atoms with Crippen LogP contribution < -0.4 is 0 Å². The minimum atomic E-state index is -0.319. The van der Waals surface area contributed by atoms with Gasteiger partial charge in [0.2, 0.25) is 0 Å². The fourth-order valence-electron chi connectivity index (χ4n) is 4.14. The van der Waals surface area contributed by atoms with Crippen molar-refractivity contribution in [2.45, 2.75) is 91.5 Å². The van der Waals surface area contributed by atoms with Gasteiger partial charge in [0, 0.05) is 5.41 Å². The second-order valence-corrected chi connectivity index (χ2v) is 7.05. The van der Waals surface area contributed by atoms with Crippen LogP contribution in [0.25, 0.3) is 0 Å². The SMILES string of the molecule is CCCCC1(N=O)CCCC(C)(C)C1(C)CCC. The molecule has 1 rings (SSSR count). The maximum absolute atomic E-state index is 11.7. The van der Waals surface area contributed by atoms with Crippen LogP contribution in [0.3, 0.4) is 0 Å². The summed E-state index contributed by atoms with van der Waals surface area (Å²) in [7, 11) is 0. The summed E-state index contributed by atoms with van der Waals surface area (Å²) in [5.74, 6) is 0. The van der Waals surface area contributed by atoms with E-state index in [2.05, 4.69) is 39.8 Å². The highest BCUT2D eigenvalue weighted by molar-refractivity contribution is 5.11. The van der Waals surface area contributed by atoms with E-state index in [-0.39, 0.29) is 16.4 Å². The Labute approximate surface area is 113 Å². The zero-order chi connectivity index (χ0) is 13.9. The van der Waals surface area contributed by atoms with E-state index >= 15 is 0 Å². The molecule has 1 aliphatic carbocycles. The Hall–Kier alpha value is -0.400. The van der Waals surface area contributed by atoms with Crippen LogP contribution in [0, 0.1) is 15.7 Å². The number of nitroso groups, excluding NO2 is 1. The van der Waals surface area contributed by atoms with E-state index in [4.69, 9.17) is 0 Å². The molecule has 0 aliphatic heterocycles. The molecule has 2 unspecified atom stereocenters. The van der Waals surface area contributed by atoms with Gasteiger partial charge in [-0.3, -0.25) is 0 Å². The fourth-order valence-corrected chi connectivity index (χ4v) is 4.14. The second-order valence-electron chi connectivity index (χ2n) is 7.05. The van der Waals surface area contributed by atoms with Crippen LogP contribution in [-0.4, -0.2) is 5.54 Å². The lowest BCUT2D eigenvalue weighted by Crippen LogP contribution is -2.56. The molecule has 0 saturated heterocycles. The van der Waals surface area contributed by atoms with E-state index in [1.165, 1.54) is 6.42 Å². The van der Waals surface area contributed by atoms with Crippen molar-refractivity contribution in [2.75, 3.05) is 0 Å². The third-order valence-electron chi connectivity index (χ3n) is 5.78. The van der Waals surface area contributed by atoms with E-state index in [1.54, 1.807) is 0 Å². The number of rotatable bonds is 6. The van der Waals surface area contributed by atoms with Crippen molar-refractivity contribution in [3.63, 3.8) is 0 Å². The van der Waals surface area contributed by atoms with Gasteiger partial charge in [0.15, 0.2) is 0 Å². The first-order valence-corrected chi connectivity index (χ1v) is 7.73. The van der Waals surface area contributed by atoms with E-state index in [0.29, 0.717) is 0 Å². The van der Waals surface area contributed by atoms with Crippen molar-refractivity contribution in [3.8, 4) is 0 Å². The number of hydrogen-bond acceptors (Lipinski definition) is 2. The molecule has 0 N–H and O–H groups in total. The van der Waals surface area contributed by atoms with Gasteiger partial charge < -0.3 is 0 Å². The quantitative estimate of drug-likeness (QED) is 0.558. The maximum Gasteiger partial charge on any atom is 0.108 e. The first kappa shape index (κ1) is 15.7. The molecule has 0 aromatic heterocycles. The molecule has 0 radical (unpaired) electrons. The van der Waals surface area contributed by atoms with Gasteiger partial charge >= 0.3 is 0 Å². The predicted molar refractivity (Wildman–Crippen MR) is 78.7 cm³/mol. The molecule has 1 saturated carbocycles. The molecular formula is C16H31NO. The Bertz CT molecular complexity index is 287. The Morgan fingerprint density at radius 2 is 1.67 bits per heavy atom. The Balaban J connectivity index is 3.14. The van der Waals surface area contributed by atoms with Gasteiger partial charge in [-0.2, -0.15) is 4.91 Å². The topological polar surface area (TPSA) is 29.4 Å². The van der Waals surface area contributed by atoms with Crippen LogP contribution in [-0.2, 0) is 0 Å². The highest BCUT2D eigenvalue weighted by atomic mass is 16.3. The van der Waals surface area contributed by atoms with Gasteiger partial charge in [-0.15, -0.1) is 0 Å². The van der Waals surface area contributed by atoms with Crippen LogP contribution in [0.1, 0.15) is 86.0 Å². The largest absolute Gasteiger partial charge is 0.150 e. The van der Waals surface area contributed by atoms with Gasteiger partial charge in [0.05, 0.1) is 0 Å². The summed E-state index contributed by atoms with van der Waals surface area (Å²) in [6.07, 6.45) is 8.90. The number of nitrogens with zero attached hydrogens (tertiary/aromatic N) is 1. The summed E-state index contributed by atoms with van der Waals surface area (Å²) in [6.45, 7) is 11.4. The highest BCUT2D eigenvalue weighted by Gasteiger charge is 2.58. The molecule has 0 bridgehead atoms. The summed E-state index contributed by atoms with van der Waals surface area (Å²) in [6, 6.07) is 0. The lowest BCUT2D eigenvalue weighted by atomic mass is 9.48. The van der Waals surface area contributed by atoms with Gasteiger partial charge in [0.25, 0.3) is 0 Å². The Kier molecular flexibility index (Phi) is 4.97. The monoisotopic (exact) mass is 253 g/mol. The molecule has 0 aromatic rings. The Morgan fingerprint density at radius 1 is 1.00 bits per heavy atom. The van der Waals surface area contributed by atoms with Crippen LogP contribution >= 0.6 is 0 Å². The smallest absolute Gasteiger partial charge is 0.108 e. The minimum Gasteiger partial charge on any atom is -0.150 e. The number of hydrogen-bond donors (Lipinski definition) is 0. The van der Waals surface area contributed by atoms with E-state index < -0.39 is 0 Å². The predicted octanol–water partition coefficient (Wildman–Crippen LogP) is 5.70. The molecule has 0 aromatic carbocycles. The molecule has 2 atom stereocenters. The van der Waals surface area contributed by atoms with E-state index in [1.807, 2.05) is 0 Å². The van der Waals surface area contributed by atoms with Crippen molar-refractivity contribution in [2.24, 2.45) is 16.0 Å². The average molecular weight is 253 g/mol. The molecule has 0 spiro atoms. The average Bonchev–Trinajstić information content (AvgIpc) is 2.32. The van der Waals surface area contributed by atoms with Crippen LogP contribution in [0.2, 0.25) is 0 Å². The van der Waals surface area contributed by atoms with Crippen molar-refractivity contribution >= 4 is 0 Å². The summed E-state index contributed by atoms with van der Waals surface area (Å²) in [5, 5.41) is 3.73. The molecular weight excluding hydrogens is 222 g/mol. The van der Waals surface area contributed by atoms with E-state index in [0.717, 1.165) is 44.9 Å². The molecule has 2 nitrogen and oxygen atoms in total. The van der Waals surface area contributed by atoms with E-state index in [9.17, 15) is 4.91 Å². The Morgan fingerprint density at radius 3 is 2.17 bits per heavy atom. The first-order chi connectivity index (χ1) is 8.39. The fraction of sp³-hybridized carbons (Fsp3) is 1.00. The van der Waals surface area contributed by atoms with Crippen LogP contribution in [0.4, 0.5) is 0 Å². The third kappa shape index (κ3) is 2.35. The molecule has 1 fully saturated rings. The third-order valence-corrected chi connectivity index (χ3v) is 5.78. The minimum absolute atomic E-state index is 0.0594. The van der Waals surface area contributed by atoms with Crippen molar-refractivity contribution in [3.05, 3.63) is 4.91 Å². The normalized spacial score (nSPS) is 35.4. The molecule has 106 valence electrons. The van der Waals surface area contributed by atoms with Gasteiger partial charge in [0.1, 0.15) is 5.54 Å². The zero-order valence-electron chi connectivity index (χ0n) is 13.0. The van der Waals surface area contributed by atoms with Gasteiger partial charge in [-0.05, 0) is 31.1 Å². The molecule has 18 heavy (non-hydrogen) atoms. The van der Waals surface area contributed by atoms with Crippen LogP contribution in [0.5, 0.6) is 0 Å². The lowest BCUT2D eigenvalue weighted by molar-refractivity contribution is -0.0572.